The zero-order valence-electron chi connectivity index (χ0n) is 11.0. The minimum absolute atomic E-state index is 0.223. The van der Waals surface area contributed by atoms with Crippen molar-refractivity contribution in [3.05, 3.63) is 28.3 Å². The summed E-state index contributed by atoms with van der Waals surface area (Å²) >= 11 is 6.36. The molecule has 3 rings (SSSR count). The van der Waals surface area contributed by atoms with Gasteiger partial charge in [-0.2, -0.15) is 0 Å². The second-order valence-electron chi connectivity index (χ2n) is 6.39. The summed E-state index contributed by atoms with van der Waals surface area (Å²) in [6, 6.07) is 3.66. The van der Waals surface area contributed by atoms with Crippen LogP contribution in [0.2, 0.25) is 5.02 Å². The molecule has 0 amide bonds. The van der Waals surface area contributed by atoms with Gasteiger partial charge < -0.3 is 5.11 Å². The molecule has 1 fully saturated rings. The van der Waals surface area contributed by atoms with Crippen LogP contribution in [0.15, 0.2) is 12.1 Å². The van der Waals surface area contributed by atoms with E-state index in [0.29, 0.717) is 5.75 Å². The summed E-state index contributed by atoms with van der Waals surface area (Å²) in [5.41, 5.74) is 2.84. The van der Waals surface area contributed by atoms with Crippen LogP contribution >= 0.6 is 11.6 Å². The Bertz CT molecular complexity index is 468. The fourth-order valence-electron chi connectivity index (χ4n) is 4.04. The maximum Gasteiger partial charge on any atom is 0.117 e. The molecular weight excluding hydrogens is 244 g/mol. The zero-order valence-corrected chi connectivity index (χ0v) is 11.8. The highest BCUT2D eigenvalue weighted by atomic mass is 35.5. The maximum absolute atomic E-state index is 9.82. The summed E-state index contributed by atoms with van der Waals surface area (Å²) in [5, 5.41) is 10.6. The van der Waals surface area contributed by atoms with E-state index in [-0.39, 0.29) is 5.41 Å². The van der Waals surface area contributed by atoms with Crippen LogP contribution in [0.4, 0.5) is 0 Å². The molecule has 0 spiro atoms. The predicted molar refractivity (Wildman–Crippen MR) is 75.4 cm³/mol. The molecule has 0 aliphatic heterocycles. The highest BCUT2D eigenvalue weighted by Crippen LogP contribution is 2.48. The van der Waals surface area contributed by atoms with Crippen LogP contribution in [-0.2, 0) is 11.8 Å². The van der Waals surface area contributed by atoms with E-state index in [0.717, 1.165) is 17.4 Å². The third-order valence-electron chi connectivity index (χ3n) is 4.90. The summed E-state index contributed by atoms with van der Waals surface area (Å²) in [4.78, 5) is 0. The molecule has 1 saturated carbocycles. The van der Waals surface area contributed by atoms with Gasteiger partial charge in [0.2, 0.25) is 0 Å². The van der Waals surface area contributed by atoms with E-state index in [2.05, 4.69) is 6.92 Å². The number of fused-ring (bicyclic) bond motifs is 4. The van der Waals surface area contributed by atoms with Crippen molar-refractivity contribution >= 4 is 11.6 Å². The second kappa shape index (κ2) is 4.45. The van der Waals surface area contributed by atoms with Crippen LogP contribution < -0.4 is 0 Å². The molecule has 0 aromatic heterocycles. The summed E-state index contributed by atoms with van der Waals surface area (Å²) in [7, 11) is 0. The lowest BCUT2D eigenvalue weighted by Gasteiger charge is -2.42. The number of benzene rings is 1. The summed E-state index contributed by atoms with van der Waals surface area (Å²) in [5.74, 6) is 1.10. The van der Waals surface area contributed by atoms with Crippen molar-refractivity contribution in [3.8, 4) is 5.75 Å². The first-order valence-corrected chi connectivity index (χ1v) is 7.48. The Hall–Kier alpha value is -0.690. The molecule has 18 heavy (non-hydrogen) atoms. The molecular formula is C16H21ClO. The molecule has 1 aromatic rings. The molecule has 2 atom stereocenters. The van der Waals surface area contributed by atoms with Crippen molar-refractivity contribution in [1.82, 2.24) is 0 Å². The molecule has 2 aliphatic rings. The van der Waals surface area contributed by atoms with Gasteiger partial charge in [-0.05, 0) is 53.9 Å². The van der Waals surface area contributed by atoms with Gasteiger partial charge in [-0.3, -0.25) is 0 Å². The Labute approximate surface area is 114 Å². The average Bonchev–Trinajstić information content (AvgIpc) is 2.28. The van der Waals surface area contributed by atoms with Gasteiger partial charge in [0.05, 0.1) is 0 Å². The van der Waals surface area contributed by atoms with E-state index >= 15 is 0 Å². The Morgan fingerprint density at radius 1 is 1.28 bits per heavy atom. The molecule has 0 heterocycles. The predicted octanol–water partition coefficient (Wildman–Crippen LogP) is 4.83. The van der Waals surface area contributed by atoms with E-state index in [1.165, 1.54) is 49.7 Å². The normalized spacial score (nSPS) is 31.3. The third kappa shape index (κ3) is 2.03. The van der Waals surface area contributed by atoms with Crippen molar-refractivity contribution in [1.29, 1.82) is 0 Å². The minimum Gasteiger partial charge on any atom is -0.508 e. The quantitative estimate of drug-likeness (QED) is 0.712. The fourth-order valence-corrected chi connectivity index (χ4v) is 4.33. The molecule has 2 bridgehead atoms. The molecule has 98 valence electrons. The Morgan fingerprint density at radius 3 is 2.94 bits per heavy atom. The Morgan fingerprint density at radius 2 is 2.11 bits per heavy atom. The van der Waals surface area contributed by atoms with Gasteiger partial charge >= 0.3 is 0 Å². The van der Waals surface area contributed by atoms with Crippen molar-refractivity contribution in [2.75, 3.05) is 0 Å². The monoisotopic (exact) mass is 264 g/mol. The maximum atomic E-state index is 9.82. The van der Waals surface area contributed by atoms with Gasteiger partial charge in [-0.15, -0.1) is 0 Å². The topological polar surface area (TPSA) is 20.2 Å². The highest BCUT2D eigenvalue weighted by Gasteiger charge is 2.38. The Balaban J connectivity index is 2.11. The largest absolute Gasteiger partial charge is 0.508 e. The average molecular weight is 265 g/mol. The smallest absolute Gasteiger partial charge is 0.117 e. The van der Waals surface area contributed by atoms with Crippen LogP contribution in [0.1, 0.15) is 56.6 Å². The van der Waals surface area contributed by atoms with Crippen molar-refractivity contribution in [2.24, 2.45) is 5.92 Å². The molecule has 1 unspecified atom stereocenters. The van der Waals surface area contributed by atoms with Gasteiger partial charge in [0.25, 0.3) is 0 Å². The summed E-state index contributed by atoms with van der Waals surface area (Å²) in [6.45, 7) is 2.36. The van der Waals surface area contributed by atoms with E-state index in [1.807, 2.05) is 6.07 Å². The van der Waals surface area contributed by atoms with Crippen LogP contribution in [0, 0.1) is 5.92 Å². The highest BCUT2D eigenvalue weighted by molar-refractivity contribution is 6.31. The van der Waals surface area contributed by atoms with Gasteiger partial charge in [0, 0.05) is 5.02 Å². The van der Waals surface area contributed by atoms with E-state index < -0.39 is 0 Å². The number of phenols is 1. The lowest BCUT2D eigenvalue weighted by molar-refractivity contribution is 0.245. The molecule has 1 nitrogen and oxygen atoms in total. The SMILES string of the molecule is CC12CCCCC[C@H](Cc3c(Cl)cc(O)cc31)C2. The molecule has 2 heteroatoms. The molecule has 0 saturated heterocycles. The number of hydrogen-bond acceptors (Lipinski definition) is 1. The van der Waals surface area contributed by atoms with Gasteiger partial charge in [0.1, 0.15) is 5.75 Å². The summed E-state index contributed by atoms with van der Waals surface area (Å²) in [6.07, 6.45) is 8.96. The molecule has 1 N–H and O–H groups in total. The standard InChI is InChI=1S/C16H21ClO/c1-16-6-4-2-3-5-11(10-16)7-13-14(16)8-12(18)9-15(13)17/h8-9,11,18H,2-7,10H2,1H3/t11-,16?/m1/s1. The fraction of sp³-hybridized carbons (Fsp3) is 0.625. The van der Waals surface area contributed by atoms with E-state index in [4.69, 9.17) is 11.6 Å². The van der Waals surface area contributed by atoms with Crippen LogP contribution in [-0.4, -0.2) is 5.11 Å². The Kier molecular flexibility index (Phi) is 3.05. The molecule has 2 aliphatic carbocycles. The van der Waals surface area contributed by atoms with Crippen LogP contribution in [0.3, 0.4) is 0 Å². The van der Waals surface area contributed by atoms with Crippen LogP contribution in [0.25, 0.3) is 0 Å². The van der Waals surface area contributed by atoms with Crippen LogP contribution in [0.5, 0.6) is 5.75 Å². The van der Waals surface area contributed by atoms with Crippen molar-refractivity contribution in [2.45, 2.75) is 57.3 Å². The van der Waals surface area contributed by atoms with E-state index in [1.54, 1.807) is 6.07 Å². The van der Waals surface area contributed by atoms with Gasteiger partial charge in [-0.25, -0.2) is 0 Å². The lowest BCUT2D eigenvalue weighted by Crippen LogP contribution is -2.33. The first kappa shape index (κ1) is 12.3. The number of rotatable bonds is 0. The first-order valence-electron chi connectivity index (χ1n) is 7.10. The number of phenolic OH excluding ortho intramolecular Hbond substituents is 1. The second-order valence-corrected chi connectivity index (χ2v) is 6.80. The van der Waals surface area contributed by atoms with Crippen molar-refractivity contribution < 1.29 is 5.11 Å². The van der Waals surface area contributed by atoms with E-state index in [9.17, 15) is 5.11 Å². The summed E-state index contributed by atoms with van der Waals surface area (Å²) < 4.78 is 0. The lowest BCUT2D eigenvalue weighted by atomic mass is 9.63. The van der Waals surface area contributed by atoms with Crippen molar-refractivity contribution in [3.63, 3.8) is 0 Å². The van der Waals surface area contributed by atoms with Gasteiger partial charge in [-0.1, -0.05) is 44.2 Å². The third-order valence-corrected chi connectivity index (χ3v) is 5.24. The number of hydrogen-bond donors (Lipinski definition) is 1. The first-order chi connectivity index (χ1) is 8.58. The zero-order chi connectivity index (χ0) is 12.8. The number of aromatic hydroxyl groups is 1. The molecule has 1 aromatic carbocycles. The molecule has 0 radical (unpaired) electrons. The van der Waals surface area contributed by atoms with Gasteiger partial charge in [0.15, 0.2) is 0 Å². The minimum atomic E-state index is 0.223. The number of halogens is 1.